The molecule has 0 spiro atoms. The number of nitrogens with zero attached hydrogens (tertiary/aromatic N) is 2. The van der Waals surface area contributed by atoms with Gasteiger partial charge >= 0.3 is 5.97 Å². The van der Waals surface area contributed by atoms with Crippen LogP contribution in [-0.4, -0.2) is 28.8 Å². The van der Waals surface area contributed by atoms with Gasteiger partial charge in [0.25, 0.3) is 5.76 Å². The molecule has 0 saturated carbocycles. The lowest BCUT2D eigenvalue weighted by Crippen LogP contribution is -2.06. The summed E-state index contributed by atoms with van der Waals surface area (Å²) in [4.78, 5) is 19.5. The third-order valence-electron chi connectivity index (χ3n) is 2.41. The van der Waals surface area contributed by atoms with Crippen LogP contribution in [0.25, 0.3) is 0 Å². The smallest absolute Gasteiger partial charge is 0.358 e. The Kier molecular flexibility index (Phi) is 5.04. The molecule has 0 amide bonds. The number of esters is 1. The number of aromatic nitrogens is 2. The summed E-state index contributed by atoms with van der Waals surface area (Å²) < 4.78 is 29.5. The van der Waals surface area contributed by atoms with Crippen LogP contribution >= 0.6 is 11.8 Å². The molecule has 2 aromatic rings. The first-order valence-corrected chi connectivity index (χ1v) is 6.69. The standard InChI is InChI=1S/C13H11F2N3O2S/c1-20-12(19)9-6-17-11(7-16-9)18-8-4-2-3-5-10(8)21-13(14)15/h2-7,13H,1H3,(H,17,18). The first kappa shape index (κ1) is 15.2. The summed E-state index contributed by atoms with van der Waals surface area (Å²) in [5, 5.41) is 2.88. The summed E-state index contributed by atoms with van der Waals surface area (Å²) in [6.07, 6.45) is 2.58. The van der Waals surface area contributed by atoms with Crippen LogP contribution in [0.2, 0.25) is 0 Å². The predicted molar refractivity (Wildman–Crippen MR) is 75.0 cm³/mol. The Morgan fingerprint density at radius 3 is 2.67 bits per heavy atom. The highest BCUT2D eigenvalue weighted by atomic mass is 32.2. The van der Waals surface area contributed by atoms with E-state index in [4.69, 9.17) is 0 Å². The molecular formula is C13H11F2N3O2S. The van der Waals surface area contributed by atoms with E-state index in [1.54, 1.807) is 24.3 Å². The van der Waals surface area contributed by atoms with Gasteiger partial charge in [-0.25, -0.2) is 14.8 Å². The lowest BCUT2D eigenvalue weighted by Gasteiger charge is -2.10. The molecule has 1 N–H and O–H groups in total. The average molecular weight is 311 g/mol. The maximum Gasteiger partial charge on any atom is 0.358 e. The van der Waals surface area contributed by atoms with Gasteiger partial charge in [0.15, 0.2) is 5.69 Å². The molecule has 0 aliphatic rings. The number of hydrogen-bond donors (Lipinski definition) is 1. The SMILES string of the molecule is COC(=O)c1cnc(Nc2ccccc2SC(F)F)cn1. The minimum Gasteiger partial charge on any atom is -0.464 e. The maximum atomic E-state index is 12.5. The Labute approximate surface area is 123 Å². The summed E-state index contributed by atoms with van der Waals surface area (Å²) in [5.74, 6) is -2.77. The van der Waals surface area contributed by atoms with Gasteiger partial charge in [-0.05, 0) is 12.1 Å². The molecule has 5 nitrogen and oxygen atoms in total. The van der Waals surface area contributed by atoms with E-state index in [2.05, 4.69) is 20.0 Å². The molecule has 0 bridgehead atoms. The number of carbonyl (C=O) groups excluding carboxylic acids is 1. The topological polar surface area (TPSA) is 64.1 Å². The molecule has 0 fully saturated rings. The number of nitrogens with one attached hydrogen (secondary N) is 1. The van der Waals surface area contributed by atoms with Crippen LogP contribution in [0.4, 0.5) is 20.3 Å². The van der Waals surface area contributed by atoms with Crippen LogP contribution in [-0.2, 0) is 4.74 Å². The summed E-state index contributed by atoms with van der Waals surface area (Å²) >= 11 is 0.438. The van der Waals surface area contributed by atoms with E-state index in [9.17, 15) is 13.6 Å². The summed E-state index contributed by atoms with van der Waals surface area (Å²) in [6.45, 7) is 0. The Hall–Kier alpha value is -2.22. The Balaban J connectivity index is 2.16. The van der Waals surface area contributed by atoms with Gasteiger partial charge < -0.3 is 10.1 Å². The molecule has 21 heavy (non-hydrogen) atoms. The number of thioether (sulfide) groups is 1. The van der Waals surface area contributed by atoms with Crippen LogP contribution in [0.5, 0.6) is 0 Å². The van der Waals surface area contributed by atoms with E-state index in [0.29, 0.717) is 28.2 Å². The first-order valence-electron chi connectivity index (χ1n) is 5.81. The first-order chi connectivity index (χ1) is 10.1. The van der Waals surface area contributed by atoms with Crippen LogP contribution in [0.1, 0.15) is 10.5 Å². The van der Waals surface area contributed by atoms with Gasteiger partial charge in [0.1, 0.15) is 5.82 Å². The van der Waals surface area contributed by atoms with E-state index in [1.807, 2.05) is 0 Å². The number of rotatable bonds is 5. The number of anilines is 2. The number of ether oxygens (including phenoxy) is 1. The minimum absolute atomic E-state index is 0.0679. The summed E-state index contributed by atoms with van der Waals surface area (Å²) in [7, 11) is 1.24. The predicted octanol–water partition coefficient (Wildman–Crippen LogP) is 3.32. The third-order valence-corrected chi connectivity index (χ3v) is 3.20. The molecule has 1 aromatic carbocycles. The average Bonchev–Trinajstić information content (AvgIpc) is 2.49. The zero-order valence-electron chi connectivity index (χ0n) is 10.9. The van der Waals surface area contributed by atoms with Gasteiger partial charge in [-0.2, -0.15) is 8.78 Å². The van der Waals surface area contributed by atoms with Crippen molar-refractivity contribution in [1.82, 2.24) is 9.97 Å². The van der Waals surface area contributed by atoms with Crippen molar-refractivity contribution in [3.05, 3.63) is 42.4 Å². The molecule has 0 saturated heterocycles. The molecule has 2 rings (SSSR count). The van der Waals surface area contributed by atoms with E-state index in [0.717, 1.165) is 0 Å². The molecule has 8 heteroatoms. The zero-order valence-corrected chi connectivity index (χ0v) is 11.7. The number of carbonyl (C=O) groups is 1. The molecule has 1 heterocycles. The second-order valence-electron chi connectivity index (χ2n) is 3.78. The van der Waals surface area contributed by atoms with Crippen LogP contribution in [0.15, 0.2) is 41.6 Å². The highest BCUT2D eigenvalue weighted by Gasteiger charge is 2.11. The van der Waals surface area contributed by atoms with E-state index in [-0.39, 0.29) is 5.69 Å². The maximum absolute atomic E-state index is 12.5. The van der Waals surface area contributed by atoms with Crippen LogP contribution in [0, 0.1) is 0 Å². The number of hydrogen-bond acceptors (Lipinski definition) is 6. The summed E-state index contributed by atoms with van der Waals surface area (Å²) in [5.41, 5.74) is 0.557. The fourth-order valence-electron chi connectivity index (χ4n) is 1.51. The Bertz CT molecular complexity index is 623. The van der Waals surface area contributed by atoms with Crippen molar-refractivity contribution in [3.8, 4) is 0 Å². The van der Waals surface area contributed by atoms with Crippen molar-refractivity contribution >= 4 is 29.2 Å². The molecule has 0 atom stereocenters. The van der Waals surface area contributed by atoms with Gasteiger partial charge in [-0.3, -0.25) is 0 Å². The van der Waals surface area contributed by atoms with Crippen molar-refractivity contribution in [2.24, 2.45) is 0 Å². The zero-order chi connectivity index (χ0) is 15.2. The van der Waals surface area contributed by atoms with E-state index < -0.39 is 11.7 Å². The minimum atomic E-state index is -2.51. The Morgan fingerprint density at radius 1 is 1.29 bits per heavy atom. The fourth-order valence-corrected chi connectivity index (χ4v) is 2.10. The van der Waals surface area contributed by atoms with Gasteiger partial charge in [-0.15, -0.1) is 0 Å². The number of para-hydroxylation sites is 1. The number of alkyl halides is 2. The van der Waals surface area contributed by atoms with Gasteiger partial charge in [-0.1, -0.05) is 23.9 Å². The van der Waals surface area contributed by atoms with E-state index in [1.165, 1.54) is 19.5 Å². The quantitative estimate of drug-likeness (QED) is 0.675. The largest absolute Gasteiger partial charge is 0.464 e. The molecule has 0 unspecified atom stereocenters. The highest BCUT2D eigenvalue weighted by Crippen LogP contribution is 2.32. The lowest BCUT2D eigenvalue weighted by molar-refractivity contribution is 0.0593. The monoisotopic (exact) mass is 311 g/mol. The van der Waals surface area contributed by atoms with Crippen molar-refractivity contribution < 1.29 is 18.3 Å². The van der Waals surface area contributed by atoms with Crippen LogP contribution < -0.4 is 5.32 Å². The third kappa shape index (κ3) is 4.12. The van der Waals surface area contributed by atoms with Crippen LogP contribution in [0.3, 0.4) is 0 Å². The van der Waals surface area contributed by atoms with Gasteiger partial charge in [0.05, 0.1) is 25.2 Å². The van der Waals surface area contributed by atoms with Crippen molar-refractivity contribution in [2.75, 3.05) is 12.4 Å². The van der Waals surface area contributed by atoms with E-state index >= 15 is 0 Å². The molecule has 1 aromatic heterocycles. The van der Waals surface area contributed by atoms with Crippen molar-refractivity contribution in [2.45, 2.75) is 10.7 Å². The number of benzene rings is 1. The second-order valence-corrected chi connectivity index (χ2v) is 4.81. The highest BCUT2D eigenvalue weighted by molar-refractivity contribution is 7.99. The van der Waals surface area contributed by atoms with Crippen molar-refractivity contribution in [1.29, 1.82) is 0 Å². The number of halogens is 2. The molecule has 0 aliphatic heterocycles. The fraction of sp³-hybridized carbons (Fsp3) is 0.154. The Morgan fingerprint density at radius 2 is 2.05 bits per heavy atom. The molecule has 0 aliphatic carbocycles. The molecule has 0 radical (unpaired) electrons. The normalized spacial score (nSPS) is 10.5. The molecular weight excluding hydrogens is 300 g/mol. The molecule has 110 valence electrons. The van der Waals surface area contributed by atoms with Gasteiger partial charge in [0, 0.05) is 4.90 Å². The second kappa shape index (κ2) is 6.98. The summed E-state index contributed by atoms with van der Waals surface area (Å²) in [6, 6.07) is 6.62. The van der Waals surface area contributed by atoms with Gasteiger partial charge in [0.2, 0.25) is 0 Å². The van der Waals surface area contributed by atoms with Crippen molar-refractivity contribution in [3.63, 3.8) is 0 Å². The lowest BCUT2D eigenvalue weighted by atomic mass is 10.3. The number of methoxy groups -OCH3 is 1.